The monoisotopic (exact) mass is 488 g/mol. The molecule has 186 valence electrons. The van der Waals surface area contributed by atoms with Crippen molar-refractivity contribution in [1.82, 2.24) is 24.6 Å². The molecule has 0 fully saturated rings. The van der Waals surface area contributed by atoms with Crippen LogP contribution in [0.25, 0.3) is 10.9 Å². The normalized spacial score (nSPS) is 15.3. The van der Waals surface area contributed by atoms with Gasteiger partial charge in [-0.15, -0.1) is 0 Å². The lowest BCUT2D eigenvalue weighted by Gasteiger charge is -2.33. The van der Waals surface area contributed by atoms with Crippen LogP contribution < -0.4 is 10.1 Å². The van der Waals surface area contributed by atoms with Crippen molar-refractivity contribution in [2.75, 3.05) is 5.32 Å². The highest BCUT2D eigenvalue weighted by molar-refractivity contribution is 5.99. The first-order chi connectivity index (χ1) is 17.2. The molecule has 1 N–H and O–H groups in total. The van der Waals surface area contributed by atoms with Gasteiger partial charge < -0.3 is 14.2 Å². The quantitative estimate of drug-likeness (QED) is 0.429. The van der Waals surface area contributed by atoms with Crippen LogP contribution in [-0.2, 0) is 17.8 Å². The van der Waals surface area contributed by atoms with E-state index in [1.54, 1.807) is 24.1 Å². The van der Waals surface area contributed by atoms with Crippen molar-refractivity contribution in [3.8, 4) is 11.6 Å². The summed E-state index contributed by atoms with van der Waals surface area (Å²) < 4.78 is 13.1. The van der Waals surface area contributed by atoms with Gasteiger partial charge in [0.05, 0.1) is 17.8 Å². The number of hydrogen-bond donors (Lipinski definition) is 1. The minimum Gasteiger partial charge on any atom is -0.438 e. The first kappa shape index (κ1) is 23.5. The summed E-state index contributed by atoms with van der Waals surface area (Å²) in [4.78, 5) is 35.4. The van der Waals surface area contributed by atoms with Gasteiger partial charge in [-0.1, -0.05) is 19.0 Å². The van der Waals surface area contributed by atoms with Crippen LogP contribution in [0.4, 0.5) is 10.6 Å². The molecule has 0 unspecified atom stereocenters. The molecule has 10 nitrogen and oxygen atoms in total. The lowest BCUT2D eigenvalue weighted by atomic mass is 9.99. The molecule has 0 spiro atoms. The predicted molar refractivity (Wildman–Crippen MR) is 133 cm³/mol. The summed E-state index contributed by atoms with van der Waals surface area (Å²) in [7, 11) is 0. The topological polar surface area (TPSA) is 115 Å². The van der Waals surface area contributed by atoms with Crippen LogP contribution in [0.5, 0.6) is 11.6 Å². The smallest absolute Gasteiger partial charge is 0.331 e. The molecular formula is C26H28N6O4. The van der Waals surface area contributed by atoms with E-state index in [0.29, 0.717) is 36.2 Å². The van der Waals surface area contributed by atoms with Gasteiger partial charge >= 0.3 is 6.03 Å². The minimum absolute atomic E-state index is 0.0213. The standard InChI is InChI=1S/C26H28N6O4/c1-14(2)23-11-24(30-36-23)29-26(34)31-9-8-18-16(4)22(7-6-21(18)31)35-25-19-10-15(3)32(17(5)33)12-20(19)27-13-28-25/h6-9,11,13-15H,10,12H2,1-5H3,(H,29,30,34)/t15-/m0/s1. The highest BCUT2D eigenvalue weighted by Crippen LogP contribution is 2.35. The Hall–Kier alpha value is -4.21. The third-order valence-electron chi connectivity index (χ3n) is 6.60. The number of anilines is 1. The van der Waals surface area contributed by atoms with Gasteiger partial charge in [0, 0.05) is 47.7 Å². The van der Waals surface area contributed by atoms with E-state index in [0.717, 1.165) is 27.7 Å². The molecule has 4 heterocycles. The Balaban J connectivity index is 1.40. The molecular weight excluding hydrogens is 460 g/mol. The molecule has 2 amide bonds. The molecule has 1 atom stereocenters. The Morgan fingerprint density at radius 2 is 2.03 bits per heavy atom. The number of aryl methyl sites for hydroxylation is 1. The van der Waals surface area contributed by atoms with Gasteiger partial charge in [0.25, 0.3) is 0 Å². The number of hydrogen-bond acceptors (Lipinski definition) is 7. The van der Waals surface area contributed by atoms with Crippen LogP contribution >= 0.6 is 0 Å². The second-order valence-corrected chi connectivity index (χ2v) is 9.41. The fourth-order valence-electron chi connectivity index (χ4n) is 4.53. The summed E-state index contributed by atoms with van der Waals surface area (Å²) in [6, 6.07) is 6.97. The molecule has 10 heteroatoms. The van der Waals surface area contributed by atoms with Crippen molar-refractivity contribution in [1.29, 1.82) is 0 Å². The molecule has 0 bridgehead atoms. The zero-order chi connectivity index (χ0) is 25.6. The number of nitrogens with zero attached hydrogens (tertiary/aromatic N) is 5. The maximum absolute atomic E-state index is 12.9. The average molecular weight is 489 g/mol. The molecule has 1 aliphatic rings. The Morgan fingerprint density at radius 1 is 1.22 bits per heavy atom. The largest absolute Gasteiger partial charge is 0.438 e. The fraction of sp³-hybridized carbons (Fsp3) is 0.346. The average Bonchev–Trinajstić information content (AvgIpc) is 3.48. The van der Waals surface area contributed by atoms with Crippen molar-refractivity contribution in [3.05, 3.63) is 59.4 Å². The van der Waals surface area contributed by atoms with Crippen LogP contribution in [0.1, 0.15) is 56.2 Å². The summed E-state index contributed by atoms with van der Waals surface area (Å²) in [5.74, 6) is 2.40. The predicted octanol–water partition coefficient (Wildman–Crippen LogP) is 5.02. The van der Waals surface area contributed by atoms with Gasteiger partial charge in [-0.05, 0) is 38.5 Å². The van der Waals surface area contributed by atoms with Crippen molar-refractivity contribution < 1.29 is 18.8 Å². The minimum atomic E-state index is -0.337. The first-order valence-electron chi connectivity index (χ1n) is 11.9. The Morgan fingerprint density at radius 3 is 2.75 bits per heavy atom. The van der Waals surface area contributed by atoms with Crippen LogP contribution in [-0.4, -0.2) is 42.6 Å². The number of benzene rings is 1. The summed E-state index contributed by atoms with van der Waals surface area (Å²) in [6.45, 7) is 9.94. The number of carbonyl (C=O) groups is 2. The number of nitrogens with one attached hydrogen (secondary N) is 1. The maximum atomic E-state index is 12.9. The third kappa shape index (κ3) is 4.19. The summed E-state index contributed by atoms with van der Waals surface area (Å²) in [5.41, 5.74) is 3.32. The summed E-state index contributed by atoms with van der Waals surface area (Å²) in [5, 5.41) is 7.58. The van der Waals surface area contributed by atoms with E-state index in [-0.39, 0.29) is 23.9 Å². The van der Waals surface area contributed by atoms with Gasteiger partial charge in [0.1, 0.15) is 17.8 Å². The van der Waals surface area contributed by atoms with E-state index in [1.165, 1.54) is 10.9 Å². The molecule has 0 saturated carbocycles. The number of rotatable bonds is 4. The molecule has 1 aromatic carbocycles. The van der Waals surface area contributed by atoms with E-state index in [2.05, 4.69) is 20.4 Å². The summed E-state index contributed by atoms with van der Waals surface area (Å²) >= 11 is 0. The SMILES string of the molecule is CC(=O)N1Cc2ncnc(Oc3ccc4c(ccn4C(=O)Nc4cc(C(C)C)on4)c3C)c2C[C@@H]1C. The molecule has 1 aliphatic heterocycles. The molecule has 0 aliphatic carbocycles. The van der Waals surface area contributed by atoms with Crippen LogP contribution in [0, 0.1) is 6.92 Å². The lowest BCUT2D eigenvalue weighted by Crippen LogP contribution is -2.41. The van der Waals surface area contributed by atoms with Gasteiger partial charge in [0.15, 0.2) is 5.82 Å². The van der Waals surface area contributed by atoms with Crippen molar-refractivity contribution in [3.63, 3.8) is 0 Å². The second-order valence-electron chi connectivity index (χ2n) is 9.41. The van der Waals surface area contributed by atoms with Gasteiger partial charge in [-0.3, -0.25) is 14.7 Å². The van der Waals surface area contributed by atoms with Crippen molar-refractivity contribution >= 4 is 28.7 Å². The Kier molecular flexibility index (Phi) is 5.95. The molecule has 0 saturated heterocycles. The van der Waals surface area contributed by atoms with Gasteiger partial charge in [0.2, 0.25) is 11.8 Å². The second kappa shape index (κ2) is 9.10. The first-order valence-corrected chi connectivity index (χ1v) is 11.9. The molecule has 3 aromatic heterocycles. The third-order valence-corrected chi connectivity index (χ3v) is 6.60. The van der Waals surface area contributed by atoms with Crippen LogP contribution in [0.15, 0.2) is 41.3 Å². The molecule has 36 heavy (non-hydrogen) atoms. The Bertz CT molecular complexity index is 1470. The highest BCUT2D eigenvalue weighted by atomic mass is 16.5. The van der Waals surface area contributed by atoms with E-state index in [9.17, 15) is 9.59 Å². The maximum Gasteiger partial charge on any atom is 0.331 e. The van der Waals surface area contributed by atoms with E-state index < -0.39 is 0 Å². The van der Waals surface area contributed by atoms with Crippen LogP contribution in [0.3, 0.4) is 0 Å². The van der Waals surface area contributed by atoms with E-state index in [4.69, 9.17) is 9.26 Å². The van der Waals surface area contributed by atoms with Crippen molar-refractivity contribution in [2.24, 2.45) is 0 Å². The lowest BCUT2D eigenvalue weighted by molar-refractivity contribution is -0.132. The molecule has 5 rings (SSSR count). The Labute approximate surface area is 208 Å². The number of carbonyl (C=O) groups excluding carboxylic acids is 2. The number of amides is 2. The highest BCUT2D eigenvalue weighted by Gasteiger charge is 2.29. The van der Waals surface area contributed by atoms with Crippen LogP contribution in [0.2, 0.25) is 0 Å². The van der Waals surface area contributed by atoms with E-state index in [1.807, 2.05) is 45.9 Å². The molecule has 0 radical (unpaired) electrons. The fourth-order valence-corrected chi connectivity index (χ4v) is 4.53. The van der Waals surface area contributed by atoms with Gasteiger partial charge in [-0.25, -0.2) is 14.8 Å². The number of aromatic nitrogens is 4. The molecule has 4 aromatic rings. The van der Waals surface area contributed by atoms with Crippen molar-refractivity contribution in [2.45, 2.75) is 59.5 Å². The zero-order valence-electron chi connectivity index (χ0n) is 20.9. The number of fused-ring (bicyclic) bond motifs is 2. The summed E-state index contributed by atoms with van der Waals surface area (Å²) in [6.07, 6.45) is 3.79. The zero-order valence-corrected chi connectivity index (χ0v) is 20.9. The van der Waals surface area contributed by atoms with E-state index >= 15 is 0 Å². The van der Waals surface area contributed by atoms with Gasteiger partial charge in [-0.2, -0.15) is 0 Å². The number of ether oxygens (including phenoxy) is 1.